The van der Waals surface area contributed by atoms with E-state index in [4.69, 9.17) is 5.26 Å². The minimum absolute atomic E-state index is 0.101. The van der Waals surface area contributed by atoms with E-state index in [1.165, 1.54) is 38.2 Å². The van der Waals surface area contributed by atoms with Gasteiger partial charge in [0.15, 0.2) is 0 Å². The fraction of sp³-hybridized carbons (Fsp3) is 0.533. The van der Waals surface area contributed by atoms with Crippen molar-refractivity contribution < 1.29 is 4.92 Å². The molecule has 1 saturated carbocycles. The van der Waals surface area contributed by atoms with E-state index in [0.29, 0.717) is 6.04 Å². The molecule has 20 heavy (non-hydrogen) atoms. The highest BCUT2D eigenvalue weighted by Crippen LogP contribution is 2.39. The van der Waals surface area contributed by atoms with Crippen LogP contribution in [0.2, 0.25) is 0 Å². The Morgan fingerprint density at radius 2 is 2.10 bits per heavy atom. The molecule has 1 saturated heterocycles. The van der Waals surface area contributed by atoms with Crippen LogP contribution in [-0.4, -0.2) is 17.5 Å². The normalized spacial score (nSPS) is 25.1. The van der Waals surface area contributed by atoms with Gasteiger partial charge >= 0.3 is 0 Å². The van der Waals surface area contributed by atoms with Gasteiger partial charge in [-0.3, -0.25) is 10.1 Å². The van der Waals surface area contributed by atoms with E-state index in [1.54, 1.807) is 12.1 Å². The molecular formula is C15H17N3O2. The summed E-state index contributed by atoms with van der Waals surface area (Å²) in [5.74, 6) is 0.754. The van der Waals surface area contributed by atoms with Gasteiger partial charge in [-0.25, -0.2) is 0 Å². The number of benzene rings is 1. The monoisotopic (exact) mass is 271 g/mol. The van der Waals surface area contributed by atoms with Crippen molar-refractivity contribution in [3.8, 4) is 6.07 Å². The van der Waals surface area contributed by atoms with Gasteiger partial charge in [-0.1, -0.05) is 12.8 Å². The number of nitrogens with zero attached hydrogens (tertiary/aromatic N) is 3. The van der Waals surface area contributed by atoms with Crippen LogP contribution in [0.3, 0.4) is 0 Å². The molecule has 2 unspecified atom stereocenters. The summed E-state index contributed by atoms with van der Waals surface area (Å²) in [6.45, 7) is 0.998. The largest absolute Gasteiger partial charge is 0.368 e. The molecule has 0 N–H and O–H groups in total. The quantitative estimate of drug-likeness (QED) is 0.611. The van der Waals surface area contributed by atoms with Gasteiger partial charge in [-0.15, -0.1) is 0 Å². The van der Waals surface area contributed by atoms with Crippen molar-refractivity contribution in [3.05, 3.63) is 33.9 Å². The lowest BCUT2D eigenvalue weighted by molar-refractivity contribution is -0.385. The van der Waals surface area contributed by atoms with Gasteiger partial charge in [0, 0.05) is 24.3 Å². The first-order chi connectivity index (χ1) is 9.70. The second kappa shape index (κ2) is 5.12. The number of nitro benzene ring substituents is 1. The molecule has 2 atom stereocenters. The maximum absolute atomic E-state index is 10.9. The fourth-order valence-corrected chi connectivity index (χ4v) is 3.68. The van der Waals surface area contributed by atoms with E-state index in [9.17, 15) is 10.1 Å². The van der Waals surface area contributed by atoms with Crippen molar-refractivity contribution in [1.29, 1.82) is 5.26 Å². The Balaban J connectivity index is 1.91. The zero-order valence-electron chi connectivity index (χ0n) is 11.3. The molecule has 2 aliphatic rings. The van der Waals surface area contributed by atoms with Crippen LogP contribution in [0.15, 0.2) is 18.2 Å². The molecule has 5 heteroatoms. The van der Waals surface area contributed by atoms with E-state index in [1.807, 2.05) is 6.07 Å². The first-order valence-electron chi connectivity index (χ1n) is 7.16. The van der Waals surface area contributed by atoms with Crippen molar-refractivity contribution in [3.63, 3.8) is 0 Å². The third kappa shape index (κ3) is 2.11. The molecule has 0 aromatic heterocycles. The van der Waals surface area contributed by atoms with Gasteiger partial charge in [0.25, 0.3) is 5.69 Å². The number of rotatable bonds is 2. The van der Waals surface area contributed by atoms with Crippen LogP contribution in [-0.2, 0) is 0 Å². The van der Waals surface area contributed by atoms with Gasteiger partial charge in [0.1, 0.15) is 11.6 Å². The highest BCUT2D eigenvalue weighted by atomic mass is 16.6. The lowest BCUT2D eigenvalue weighted by atomic mass is 9.85. The highest BCUT2D eigenvalue weighted by Gasteiger charge is 2.36. The number of hydrogen-bond donors (Lipinski definition) is 0. The number of hydrogen-bond acceptors (Lipinski definition) is 4. The lowest BCUT2D eigenvalue weighted by Gasteiger charge is -2.33. The summed E-state index contributed by atoms with van der Waals surface area (Å²) in [6.07, 6.45) is 6.26. The summed E-state index contributed by atoms with van der Waals surface area (Å²) in [7, 11) is 0. The molecule has 0 amide bonds. The van der Waals surface area contributed by atoms with Gasteiger partial charge < -0.3 is 4.90 Å². The summed E-state index contributed by atoms with van der Waals surface area (Å²) in [5, 5.41) is 20.0. The smallest absolute Gasteiger partial charge is 0.287 e. The Kier molecular flexibility index (Phi) is 3.31. The number of nitriles is 1. The zero-order chi connectivity index (χ0) is 14.1. The second-order valence-corrected chi connectivity index (χ2v) is 5.66. The molecule has 1 aromatic carbocycles. The molecule has 2 fully saturated rings. The molecule has 5 nitrogen and oxygen atoms in total. The van der Waals surface area contributed by atoms with Gasteiger partial charge in [0.05, 0.1) is 4.92 Å². The van der Waals surface area contributed by atoms with E-state index < -0.39 is 4.92 Å². The van der Waals surface area contributed by atoms with Crippen LogP contribution in [0.1, 0.15) is 37.7 Å². The minimum atomic E-state index is -0.490. The van der Waals surface area contributed by atoms with E-state index in [0.717, 1.165) is 18.2 Å². The Bertz CT molecular complexity index is 579. The molecule has 0 radical (unpaired) electrons. The second-order valence-electron chi connectivity index (χ2n) is 5.66. The maximum atomic E-state index is 10.9. The summed E-state index contributed by atoms with van der Waals surface area (Å²) >= 11 is 0. The fourth-order valence-electron chi connectivity index (χ4n) is 3.68. The Morgan fingerprint density at radius 3 is 2.85 bits per heavy atom. The predicted octanol–water partition coefficient (Wildman–Crippen LogP) is 3.24. The molecule has 0 bridgehead atoms. The average molecular weight is 271 g/mol. The molecular weight excluding hydrogens is 254 g/mol. The average Bonchev–Trinajstić information content (AvgIpc) is 2.90. The standard InChI is InChI=1S/C15H17N3O2/c16-10-12-9-13(5-6-15(12)18(19)20)17-8-7-11-3-1-2-4-14(11)17/h5-6,9,11,14H,1-4,7-8H2. The van der Waals surface area contributed by atoms with Crippen LogP contribution < -0.4 is 4.90 Å². The zero-order valence-corrected chi connectivity index (χ0v) is 11.3. The Hall–Kier alpha value is -2.09. The first kappa shape index (κ1) is 12.9. The lowest BCUT2D eigenvalue weighted by Crippen LogP contribution is -2.34. The summed E-state index contributed by atoms with van der Waals surface area (Å²) < 4.78 is 0. The molecule has 1 aliphatic carbocycles. The van der Waals surface area contributed by atoms with Gasteiger partial charge in [-0.2, -0.15) is 5.26 Å². The highest BCUT2D eigenvalue weighted by molar-refractivity contribution is 5.60. The maximum Gasteiger partial charge on any atom is 0.287 e. The van der Waals surface area contributed by atoms with Crippen molar-refractivity contribution in [2.45, 2.75) is 38.1 Å². The van der Waals surface area contributed by atoms with Gasteiger partial charge in [0.2, 0.25) is 0 Å². The van der Waals surface area contributed by atoms with Gasteiger partial charge in [-0.05, 0) is 37.3 Å². The van der Waals surface area contributed by atoms with Crippen LogP contribution in [0, 0.1) is 27.4 Å². The van der Waals surface area contributed by atoms with Crippen molar-refractivity contribution in [2.75, 3.05) is 11.4 Å². The van der Waals surface area contributed by atoms with Crippen LogP contribution in [0.4, 0.5) is 11.4 Å². The molecule has 0 spiro atoms. The molecule has 3 rings (SSSR count). The topological polar surface area (TPSA) is 70.2 Å². The summed E-state index contributed by atoms with van der Waals surface area (Å²) in [4.78, 5) is 12.7. The van der Waals surface area contributed by atoms with Crippen molar-refractivity contribution in [1.82, 2.24) is 0 Å². The Morgan fingerprint density at radius 1 is 1.30 bits per heavy atom. The molecule has 1 aliphatic heterocycles. The summed E-state index contributed by atoms with van der Waals surface area (Å²) in [5.41, 5.74) is 1.02. The van der Waals surface area contributed by atoms with Crippen LogP contribution in [0.5, 0.6) is 0 Å². The molecule has 1 heterocycles. The molecule has 1 aromatic rings. The first-order valence-corrected chi connectivity index (χ1v) is 7.16. The number of nitro groups is 1. The number of anilines is 1. The Labute approximate surface area is 118 Å². The number of fused-ring (bicyclic) bond motifs is 1. The summed E-state index contributed by atoms with van der Waals surface area (Å²) in [6, 6.07) is 7.42. The van der Waals surface area contributed by atoms with E-state index in [-0.39, 0.29) is 11.3 Å². The third-order valence-electron chi connectivity index (χ3n) is 4.64. The third-order valence-corrected chi connectivity index (χ3v) is 4.64. The van der Waals surface area contributed by atoms with E-state index in [2.05, 4.69) is 4.90 Å². The van der Waals surface area contributed by atoms with Crippen LogP contribution >= 0.6 is 0 Å². The SMILES string of the molecule is N#Cc1cc(N2CCC3CCCCC32)ccc1[N+](=O)[O-]. The van der Waals surface area contributed by atoms with Crippen LogP contribution in [0.25, 0.3) is 0 Å². The minimum Gasteiger partial charge on any atom is -0.368 e. The predicted molar refractivity (Wildman–Crippen MR) is 75.5 cm³/mol. The van der Waals surface area contributed by atoms with Crippen molar-refractivity contribution >= 4 is 11.4 Å². The molecule has 104 valence electrons. The van der Waals surface area contributed by atoms with E-state index >= 15 is 0 Å². The van der Waals surface area contributed by atoms with Crippen molar-refractivity contribution in [2.24, 2.45) is 5.92 Å².